The van der Waals surface area contributed by atoms with E-state index in [-0.39, 0.29) is 56.5 Å². The van der Waals surface area contributed by atoms with Gasteiger partial charge in [-0.25, -0.2) is 27.1 Å². The highest BCUT2D eigenvalue weighted by Crippen LogP contribution is 2.44. The van der Waals surface area contributed by atoms with Gasteiger partial charge in [0.05, 0.1) is 30.7 Å². The van der Waals surface area contributed by atoms with Crippen molar-refractivity contribution in [3.63, 3.8) is 0 Å². The minimum atomic E-state index is -2.65. The standard InChI is InChI=1S/C22H28F4N4O2/c1-32-13-18(29-20(31)7-15-9-22(25,26)10-15)16-8-19-28-17(12-30(19)27-11-16)6-14-2-4-21(23,24)5-3-14/h8,11-12,14-15,18H,2-7,9-10,13H2,1H3,(H,29,31)/t18-/m1/s1. The van der Waals surface area contributed by atoms with Gasteiger partial charge in [-0.15, -0.1) is 0 Å². The third kappa shape index (κ3) is 5.57. The van der Waals surface area contributed by atoms with Gasteiger partial charge >= 0.3 is 0 Å². The second-order valence-electron chi connectivity index (χ2n) is 9.24. The molecule has 1 atom stereocenters. The minimum Gasteiger partial charge on any atom is -0.382 e. The molecule has 1 N–H and O–H groups in total. The van der Waals surface area contributed by atoms with Crippen LogP contribution in [0.2, 0.25) is 0 Å². The van der Waals surface area contributed by atoms with Crippen LogP contribution in [0.1, 0.15) is 62.2 Å². The zero-order chi connectivity index (χ0) is 22.9. The van der Waals surface area contributed by atoms with Gasteiger partial charge in [0.25, 0.3) is 0 Å². The lowest BCUT2D eigenvalue weighted by Crippen LogP contribution is -2.40. The van der Waals surface area contributed by atoms with Crippen molar-refractivity contribution in [2.45, 2.75) is 69.3 Å². The molecule has 0 spiro atoms. The molecule has 2 aromatic rings. The van der Waals surface area contributed by atoms with E-state index in [2.05, 4.69) is 15.4 Å². The summed E-state index contributed by atoms with van der Waals surface area (Å²) in [5, 5.41) is 7.21. The first kappa shape index (κ1) is 22.9. The molecule has 0 radical (unpaired) electrons. The number of methoxy groups -OCH3 is 1. The molecule has 1 amide bonds. The predicted octanol–water partition coefficient (Wildman–Crippen LogP) is 4.34. The molecule has 2 saturated carbocycles. The van der Waals surface area contributed by atoms with Crippen LogP contribution >= 0.6 is 0 Å². The molecule has 2 aliphatic rings. The Hall–Kier alpha value is -2.23. The Kier molecular flexibility index (Phi) is 6.42. The molecule has 0 bridgehead atoms. The van der Waals surface area contributed by atoms with Crippen LogP contribution in [0.4, 0.5) is 17.6 Å². The highest BCUT2D eigenvalue weighted by Gasteiger charge is 2.45. The van der Waals surface area contributed by atoms with E-state index in [9.17, 15) is 22.4 Å². The van der Waals surface area contributed by atoms with Gasteiger partial charge in [-0.2, -0.15) is 5.10 Å². The molecule has 6 nitrogen and oxygen atoms in total. The highest BCUT2D eigenvalue weighted by molar-refractivity contribution is 5.77. The highest BCUT2D eigenvalue weighted by atomic mass is 19.3. The Bertz CT molecular complexity index is 947. The van der Waals surface area contributed by atoms with Crippen LogP contribution in [0.15, 0.2) is 18.5 Å². The van der Waals surface area contributed by atoms with Gasteiger partial charge in [-0.1, -0.05) is 0 Å². The van der Waals surface area contributed by atoms with Crippen LogP contribution in [0.25, 0.3) is 5.65 Å². The summed E-state index contributed by atoms with van der Waals surface area (Å²) in [6.45, 7) is 0.203. The summed E-state index contributed by atoms with van der Waals surface area (Å²) in [5.74, 6) is -5.62. The van der Waals surface area contributed by atoms with Crippen molar-refractivity contribution in [3.05, 3.63) is 29.7 Å². The van der Waals surface area contributed by atoms with E-state index >= 15 is 0 Å². The van der Waals surface area contributed by atoms with Crippen molar-refractivity contribution in [3.8, 4) is 0 Å². The number of carbonyl (C=O) groups is 1. The number of fused-ring (bicyclic) bond motifs is 1. The van der Waals surface area contributed by atoms with Crippen molar-refractivity contribution < 1.29 is 27.1 Å². The largest absolute Gasteiger partial charge is 0.382 e. The van der Waals surface area contributed by atoms with Crippen molar-refractivity contribution in [2.75, 3.05) is 13.7 Å². The summed E-state index contributed by atoms with van der Waals surface area (Å²) < 4.78 is 59.6. The zero-order valence-corrected chi connectivity index (χ0v) is 18.0. The van der Waals surface area contributed by atoms with E-state index in [0.29, 0.717) is 30.5 Å². The monoisotopic (exact) mass is 456 g/mol. The van der Waals surface area contributed by atoms with Crippen molar-refractivity contribution >= 4 is 11.6 Å². The van der Waals surface area contributed by atoms with Crippen LogP contribution in [-0.2, 0) is 16.0 Å². The lowest BCUT2D eigenvalue weighted by Gasteiger charge is -2.34. The van der Waals surface area contributed by atoms with Gasteiger partial charge in [0.2, 0.25) is 17.8 Å². The second kappa shape index (κ2) is 8.96. The number of rotatable bonds is 8. The van der Waals surface area contributed by atoms with Crippen LogP contribution in [0.5, 0.6) is 0 Å². The molecule has 0 unspecified atom stereocenters. The van der Waals surface area contributed by atoms with Crippen molar-refractivity contribution in [1.82, 2.24) is 19.9 Å². The average molecular weight is 456 g/mol. The first-order valence-electron chi connectivity index (χ1n) is 11.0. The number of nitrogens with one attached hydrogen (secondary N) is 1. The lowest BCUT2D eigenvalue weighted by molar-refractivity contribution is -0.134. The van der Waals surface area contributed by atoms with Crippen LogP contribution in [-0.4, -0.2) is 46.1 Å². The molecule has 32 heavy (non-hydrogen) atoms. The molecule has 2 aromatic heterocycles. The summed E-state index contributed by atoms with van der Waals surface area (Å²) in [5.41, 5.74) is 2.08. The van der Waals surface area contributed by atoms with E-state index in [1.54, 1.807) is 23.0 Å². The topological polar surface area (TPSA) is 68.5 Å². The molecule has 0 aromatic carbocycles. The first-order valence-corrected chi connectivity index (χ1v) is 11.0. The Morgan fingerprint density at radius 2 is 1.94 bits per heavy atom. The number of hydrogen-bond acceptors (Lipinski definition) is 4. The normalized spacial score (nSPS) is 21.9. The lowest BCUT2D eigenvalue weighted by atomic mass is 9.79. The minimum absolute atomic E-state index is 0.0550. The molecule has 0 saturated heterocycles. The molecule has 176 valence electrons. The third-order valence-corrected chi connectivity index (χ3v) is 6.45. The molecule has 10 heteroatoms. The maximum Gasteiger partial charge on any atom is 0.248 e. The number of halogens is 4. The molecule has 0 aliphatic heterocycles. The summed E-state index contributed by atoms with van der Waals surface area (Å²) in [6, 6.07) is 1.32. The summed E-state index contributed by atoms with van der Waals surface area (Å²) in [4.78, 5) is 16.9. The Balaban J connectivity index is 1.40. The number of amides is 1. The van der Waals surface area contributed by atoms with Gasteiger partial charge in [0.1, 0.15) is 0 Å². The Labute approximate surface area is 183 Å². The fourth-order valence-corrected chi connectivity index (χ4v) is 4.66. The SMILES string of the molecule is COC[C@@H](NC(=O)CC1CC(F)(F)C1)c1cnn2cc(CC3CCC(F)(F)CC3)nc2c1. The summed E-state index contributed by atoms with van der Waals surface area (Å²) in [7, 11) is 1.51. The number of alkyl halides is 4. The second-order valence-corrected chi connectivity index (χ2v) is 9.24. The number of nitrogens with zero attached hydrogens (tertiary/aromatic N) is 3. The number of aromatic nitrogens is 3. The number of hydrogen-bond donors (Lipinski definition) is 1. The number of ether oxygens (including phenoxy) is 1. The molecule has 2 fully saturated rings. The predicted molar refractivity (Wildman–Crippen MR) is 109 cm³/mol. The third-order valence-electron chi connectivity index (χ3n) is 6.45. The van der Waals surface area contributed by atoms with Crippen LogP contribution < -0.4 is 5.32 Å². The van der Waals surface area contributed by atoms with Crippen molar-refractivity contribution in [2.24, 2.45) is 11.8 Å². The fourth-order valence-electron chi connectivity index (χ4n) is 4.66. The van der Waals surface area contributed by atoms with E-state index < -0.39 is 17.9 Å². The van der Waals surface area contributed by atoms with E-state index in [1.807, 2.05) is 0 Å². The van der Waals surface area contributed by atoms with Crippen molar-refractivity contribution in [1.29, 1.82) is 0 Å². The summed E-state index contributed by atoms with van der Waals surface area (Å²) >= 11 is 0. The fraction of sp³-hybridized carbons (Fsp3) is 0.682. The molecular formula is C22H28F4N4O2. The quantitative estimate of drug-likeness (QED) is 0.601. The summed E-state index contributed by atoms with van der Waals surface area (Å²) in [6.07, 6.45) is 4.39. The smallest absolute Gasteiger partial charge is 0.248 e. The number of carbonyl (C=O) groups excluding carboxylic acids is 1. The van der Waals surface area contributed by atoms with E-state index in [4.69, 9.17) is 4.74 Å². The van der Waals surface area contributed by atoms with Crippen LogP contribution in [0, 0.1) is 11.8 Å². The van der Waals surface area contributed by atoms with E-state index in [0.717, 1.165) is 5.69 Å². The molecule has 4 rings (SSSR count). The zero-order valence-electron chi connectivity index (χ0n) is 18.0. The molecule has 2 aliphatic carbocycles. The Morgan fingerprint density at radius 3 is 2.59 bits per heavy atom. The van der Waals surface area contributed by atoms with Gasteiger partial charge in [-0.05, 0) is 37.2 Å². The van der Waals surface area contributed by atoms with Gasteiger partial charge in [0.15, 0.2) is 5.65 Å². The van der Waals surface area contributed by atoms with Gasteiger partial charge in [0, 0.05) is 44.8 Å². The average Bonchev–Trinajstić information content (AvgIpc) is 3.09. The van der Waals surface area contributed by atoms with E-state index in [1.165, 1.54) is 7.11 Å². The van der Waals surface area contributed by atoms with Gasteiger partial charge < -0.3 is 10.1 Å². The Morgan fingerprint density at radius 1 is 1.22 bits per heavy atom. The van der Waals surface area contributed by atoms with Gasteiger partial charge in [-0.3, -0.25) is 4.79 Å². The van der Waals surface area contributed by atoms with Crippen LogP contribution in [0.3, 0.4) is 0 Å². The number of imidazole rings is 1. The molecule has 2 heterocycles. The first-order chi connectivity index (χ1) is 15.1. The maximum atomic E-state index is 13.4. The molecular weight excluding hydrogens is 428 g/mol. The maximum absolute atomic E-state index is 13.4.